The van der Waals surface area contributed by atoms with Gasteiger partial charge in [-0.25, -0.2) is 13.2 Å². The normalized spacial score (nSPS) is 18.5. The molecular formula is C28H31N3O4S. The number of fused-ring (bicyclic) bond motifs is 1. The van der Waals surface area contributed by atoms with Crippen LogP contribution in [0.4, 0.5) is 10.5 Å². The Bertz CT molecular complexity index is 1320. The summed E-state index contributed by atoms with van der Waals surface area (Å²) in [7, 11) is -3.52. The van der Waals surface area contributed by atoms with E-state index in [1.54, 1.807) is 24.3 Å². The first-order chi connectivity index (χ1) is 17.4. The van der Waals surface area contributed by atoms with Gasteiger partial charge >= 0.3 is 6.03 Å². The number of amides is 2. The van der Waals surface area contributed by atoms with E-state index in [9.17, 15) is 13.2 Å². The average molecular weight is 506 g/mol. The van der Waals surface area contributed by atoms with Gasteiger partial charge in [0.1, 0.15) is 0 Å². The number of carbonyl (C=O) groups is 1. The van der Waals surface area contributed by atoms with Gasteiger partial charge in [-0.1, -0.05) is 48.5 Å². The molecule has 2 amide bonds. The number of hydrogen-bond acceptors (Lipinski definition) is 5. The predicted molar refractivity (Wildman–Crippen MR) is 139 cm³/mol. The first-order valence-corrected chi connectivity index (χ1v) is 13.9. The number of nitrogens with one attached hydrogen (secondary N) is 2. The highest BCUT2D eigenvalue weighted by molar-refractivity contribution is 7.90. The van der Waals surface area contributed by atoms with Crippen LogP contribution in [0.2, 0.25) is 0 Å². The molecule has 1 saturated heterocycles. The van der Waals surface area contributed by atoms with Crippen molar-refractivity contribution in [2.75, 3.05) is 18.5 Å². The van der Waals surface area contributed by atoms with E-state index in [0.717, 1.165) is 43.9 Å². The Labute approximate surface area is 212 Å². The second-order valence-corrected chi connectivity index (χ2v) is 11.5. The Morgan fingerprint density at radius 2 is 1.78 bits per heavy atom. The number of carbonyl (C=O) groups excluding carboxylic acids is 1. The van der Waals surface area contributed by atoms with Gasteiger partial charge < -0.3 is 15.4 Å². The maximum atomic E-state index is 13.1. The maximum absolute atomic E-state index is 13.1. The zero-order valence-electron chi connectivity index (χ0n) is 20.3. The fourth-order valence-electron chi connectivity index (χ4n) is 4.87. The van der Waals surface area contributed by atoms with Crippen LogP contribution in [-0.4, -0.2) is 38.6 Å². The van der Waals surface area contributed by atoms with Crippen LogP contribution in [-0.2, 0) is 33.4 Å². The number of hydrogen-bond donors (Lipinski definition) is 2. The summed E-state index contributed by atoms with van der Waals surface area (Å²) in [6.07, 6.45) is 1.05. The molecule has 2 aliphatic rings. The largest absolute Gasteiger partial charge is 0.380 e. The number of urea groups is 1. The molecule has 0 aliphatic carbocycles. The first kappa shape index (κ1) is 24.5. The maximum Gasteiger partial charge on any atom is 0.319 e. The van der Waals surface area contributed by atoms with Crippen LogP contribution < -0.4 is 10.6 Å². The molecule has 7 nitrogen and oxygen atoms in total. The SMILES string of the molecule is CC(NC(=O)Nc1ccc(S(=O)(=O)Cc2ccc3c(c2)CN(C2CCOC2)C3)cc1)c1ccccc1. The lowest BCUT2D eigenvalue weighted by molar-refractivity contribution is 0.143. The molecular weight excluding hydrogens is 474 g/mol. The van der Waals surface area contributed by atoms with Crippen LogP contribution in [0.15, 0.2) is 77.7 Å². The highest BCUT2D eigenvalue weighted by atomic mass is 32.2. The lowest BCUT2D eigenvalue weighted by atomic mass is 10.1. The summed E-state index contributed by atoms with van der Waals surface area (Å²) in [6.45, 7) is 5.22. The van der Waals surface area contributed by atoms with Crippen LogP contribution in [0, 0.1) is 0 Å². The molecule has 2 aliphatic heterocycles. The van der Waals surface area contributed by atoms with Crippen LogP contribution in [0.1, 0.15) is 41.6 Å². The lowest BCUT2D eigenvalue weighted by Gasteiger charge is -2.21. The molecule has 0 aromatic heterocycles. The van der Waals surface area contributed by atoms with Crippen LogP contribution in [0.3, 0.4) is 0 Å². The number of rotatable bonds is 7. The minimum absolute atomic E-state index is 0.0608. The van der Waals surface area contributed by atoms with Gasteiger partial charge in [0.2, 0.25) is 0 Å². The Morgan fingerprint density at radius 1 is 1.03 bits per heavy atom. The van der Waals surface area contributed by atoms with Crippen molar-refractivity contribution in [1.82, 2.24) is 10.2 Å². The average Bonchev–Trinajstić information content (AvgIpc) is 3.54. The third kappa shape index (κ3) is 5.61. The Balaban J connectivity index is 1.19. The molecule has 36 heavy (non-hydrogen) atoms. The van der Waals surface area contributed by atoms with Crippen molar-refractivity contribution in [2.24, 2.45) is 0 Å². The van der Waals surface area contributed by atoms with E-state index in [1.807, 2.05) is 49.4 Å². The summed E-state index contributed by atoms with van der Waals surface area (Å²) in [5.74, 6) is -0.0608. The van der Waals surface area contributed by atoms with Gasteiger partial charge in [0, 0.05) is 31.4 Å². The van der Waals surface area contributed by atoms with Crippen molar-refractivity contribution in [3.63, 3.8) is 0 Å². The van der Waals surface area contributed by atoms with E-state index < -0.39 is 9.84 Å². The summed E-state index contributed by atoms with van der Waals surface area (Å²) in [5.41, 5.74) is 4.78. The van der Waals surface area contributed by atoms with E-state index in [1.165, 1.54) is 11.1 Å². The minimum Gasteiger partial charge on any atom is -0.380 e. The van der Waals surface area contributed by atoms with Crippen LogP contribution in [0.5, 0.6) is 0 Å². The van der Waals surface area contributed by atoms with Crippen molar-refractivity contribution in [3.8, 4) is 0 Å². The smallest absolute Gasteiger partial charge is 0.319 e. The fourth-order valence-corrected chi connectivity index (χ4v) is 6.21. The standard InChI is InChI=1S/C28H31N3O4S/c1-20(22-5-3-2-4-6-22)29-28(32)30-25-9-11-27(12-10-25)36(33,34)19-21-7-8-23-16-31(17-24(23)15-21)26-13-14-35-18-26/h2-12,15,20,26H,13-14,16-19H2,1H3,(H2,29,30,32). The van der Waals surface area contributed by atoms with Gasteiger partial charge in [0.05, 0.1) is 23.3 Å². The molecule has 5 rings (SSSR count). The van der Waals surface area contributed by atoms with Crippen molar-refractivity contribution >= 4 is 21.6 Å². The molecule has 0 radical (unpaired) electrons. The first-order valence-electron chi connectivity index (χ1n) is 12.3. The highest BCUT2D eigenvalue weighted by Crippen LogP contribution is 2.29. The van der Waals surface area contributed by atoms with Crippen LogP contribution >= 0.6 is 0 Å². The second-order valence-electron chi connectivity index (χ2n) is 9.54. The molecule has 2 unspecified atom stereocenters. The van der Waals surface area contributed by atoms with E-state index in [4.69, 9.17) is 4.74 Å². The quantitative estimate of drug-likeness (QED) is 0.488. The molecule has 188 valence electrons. The van der Waals surface area contributed by atoms with Gasteiger partial charge in [-0.2, -0.15) is 0 Å². The molecule has 0 bridgehead atoms. The fraction of sp³-hybridized carbons (Fsp3) is 0.321. The van der Waals surface area contributed by atoms with Gasteiger partial charge in [0.15, 0.2) is 9.84 Å². The molecule has 0 spiro atoms. The third-order valence-electron chi connectivity index (χ3n) is 6.91. The summed E-state index contributed by atoms with van der Waals surface area (Å²) < 4.78 is 31.7. The van der Waals surface area contributed by atoms with E-state index >= 15 is 0 Å². The minimum atomic E-state index is -3.52. The zero-order valence-corrected chi connectivity index (χ0v) is 21.1. The molecule has 0 saturated carbocycles. The van der Waals surface area contributed by atoms with Gasteiger partial charge in [-0.05, 0) is 59.9 Å². The van der Waals surface area contributed by atoms with Crippen molar-refractivity contribution in [1.29, 1.82) is 0 Å². The van der Waals surface area contributed by atoms with Crippen LogP contribution in [0.25, 0.3) is 0 Å². The monoisotopic (exact) mass is 505 g/mol. The van der Waals surface area contributed by atoms with E-state index in [2.05, 4.69) is 21.6 Å². The van der Waals surface area contributed by atoms with E-state index in [0.29, 0.717) is 11.7 Å². The second kappa shape index (κ2) is 10.4. The molecule has 1 fully saturated rings. The third-order valence-corrected chi connectivity index (χ3v) is 8.62. The molecule has 2 heterocycles. The molecule has 3 aromatic carbocycles. The van der Waals surface area contributed by atoms with Gasteiger partial charge in [-0.15, -0.1) is 0 Å². The van der Waals surface area contributed by atoms with Crippen molar-refractivity contribution < 1.29 is 17.9 Å². The number of ether oxygens (including phenoxy) is 1. The number of nitrogens with zero attached hydrogens (tertiary/aromatic N) is 1. The molecule has 2 atom stereocenters. The van der Waals surface area contributed by atoms with Crippen molar-refractivity contribution in [3.05, 3.63) is 95.1 Å². The topological polar surface area (TPSA) is 87.7 Å². The van der Waals surface area contributed by atoms with Crippen molar-refractivity contribution in [2.45, 2.75) is 49.2 Å². The Hall–Kier alpha value is -3.20. The zero-order chi connectivity index (χ0) is 25.1. The van der Waals surface area contributed by atoms with E-state index in [-0.39, 0.29) is 22.7 Å². The summed E-state index contributed by atoms with van der Waals surface area (Å²) in [4.78, 5) is 15.0. The van der Waals surface area contributed by atoms with Gasteiger partial charge in [0.25, 0.3) is 0 Å². The summed E-state index contributed by atoms with van der Waals surface area (Å²) in [6, 6.07) is 21.9. The number of benzene rings is 3. The molecule has 8 heteroatoms. The number of anilines is 1. The lowest BCUT2D eigenvalue weighted by Crippen LogP contribution is -2.31. The Kier molecular flexibility index (Phi) is 7.09. The van der Waals surface area contributed by atoms with Gasteiger partial charge in [-0.3, -0.25) is 4.90 Å². The summed E-state index contributed by atoms with van der Waals surface area (Å²) in [5, 5.41) is 5.65. The molecule has 2 N–H and O–H groups in total. The number of sulfone groups is 1. The summed E-state index contributed by atoms with van der Waals surface area (Å²) >= 11 is 0. The predicted octanol–water partition coefficient (Wildman–Crippen LogP) is 4.65. The Morgan fingerprint density at radius 3 is 2.50 bits per heavy atom. The highest BCUT2D eigenvalue weighted by Gasteiger charge is 2.29. The molecule has 3 aromatic rings.